The Morgan fingerprint density at radius 1 is 1.42 bits per heavy atom. The van der Waals surface area contributed by atoms with Gasteiger partial charge < -0.3 is 10.4 Å². The fourth-order valence-corrected chi connectivity index (χ4v) is 2.41. The van der Waals surface area contributed by atoms with Gasteiger partial charge in [0, 0.05) is 18.8 Å². The summed E-state index contributed by atoms with van der Waals surface area (Å²) in [6, 6.07) is 3.25. The second-order valence-corrected chi connectivity index (χ2v) is 5.67. The fraction of sp³-hybridized carbons (Fsp3) is 0.364. The summed E-state index contributed by atoms with van der Waals surface area (Å²) in [6.45, 7) is 1.98. The van der Waals surface area contributed by atoms with Gasteiger partial charge >= 0.3 is 5.97 Å². The van der Waals surface area contributed by atoms with Crippen molar-refractivity contribution in [1.82, 2.24) is 4.72 Å². The highest BCUT2D eigenvalue weighted by Gasteiger charge is 2.12. The largest absolute Gasteiger partial charge is 0.478 e. The Morgan fingerprint density at radius 3 is 2.68 bits per heavy atom. The number of aromatic carboxylic acids is 1. The summed E-state index contributed by atoms with van der Waals surface area (Å²) < 4.78 is 38.0. The number of rotatable bonds is 7. The summed E-state index contributed by atoms with van der Waals surface area (Å²) in [5.74, 6) is -2.14. The van der Waals surface area contributed by atoms with E-state index in [1.807, 2.05) is 0 Å². The van der Waals surface area contributed by atoms with Gasteiger partial charge in [-0.15, -0.1) is 0 Å². The number of carboxylic acids is 1. The minimum atomic E-state index is -3.38. The molecule has 0 radical (unpaired) electrons. The summed E-state index contributed by atoms with van der Waals surface area (Å²) in [5.41, 5.74) is -0.0542. The molecule has 1 aromatic carbocycles. The van der Waals surface area contributed by atoms with E-state index in [9.17, 15) is 17.6 Å². The number of carboxylic acid groups (broad SMARTS) is 1. The highest BCUT2D eigenvalue weighted by Crippen LogP contribution is 2.16. The summed E-state index contributed by atoms with van der Waals surface area (Å²) in [4.78, 5) is 10.9. The monoisotopic (exact) mass is 290 g/mol. The number of halogens is 1. The molecule has 0 aliphatic heterocycles. The van der Waals surface area contributed by atoms with Crippen molar-refractivity contribution in [3.8, 4) is 0 Å². The van der Waals surface area contributed by atoms with Crippen molar-refractivity contribution < 1.29 is 22.7 Å². The van der Waals surface area contributed by atoms with Crippen LogP contribution in [-0.4, -0.2) is 38.3 Å². The van der Waals surface area contributed by atoms with Crippen molar-refractivity contribution in [3.05, 3.63) is 29.6 Å². The van der Waals surface area contributed by atoms with E-state index in [0.717, 1.165) is 12.1 Å². The molecule has 0 saturated carbocycles. The first kappa shape index (κ1) is 15.4. The van der Waals surface area contributed by atoms with E-state index in [0.29, 0.717) is 6.54 Å². The number of hydrogen-bond acceptors (Lipinski definition) is 4. The molecule has 3 N–H and O–H groups in total. The van der Waals surface area contributed by atoms with E-state index in [-0.39, 0.29) is 23.5 Å². The van der Waals surface area contributed by atoms with E-state index in [1.165, 1.54) is 6.07 Å². The molecular formula is C11H15FN2O4S. The Kier molecular flexibility index (Phi) is 5.25. The molecule has 0 amide bonds. The third-order valence-electron chi connectivity index (χ3n) is 2.26. The van der Waals surface area contributed by atoms with Crippen LogP contribution in [0.5, 0.6) is 0 Å². The Morgan fingerprint density at radius 2 is 2.11 bits per heavy atom. The van der Waals surface area contributed by atoms with Gasteiger partial charge in [0.2, 0.25) is 10.0 Å². The lowest BCUT2D eigenvalue weighted by Crippen LogP contribution is -2.29. The molecule has 0 atom stereocenters. The molecule has 0 spiro atoms. The second-order valence-electron chi connectivity index (χ2n) is 3.74. The number of hydrogen-bond donors (Lipinski definition) is 3. The first-order chi connectivity index (χ1) is 8.85. The average Bonchev–Trinajstić information content (AvgIpc) is 2.30. The molecule has 0 saturated heterocycles. The van der Waals surface area contributed by atoms with Crippen molar-refractivity contribution in [2.24, 2.45) is 0 Å². The minimum Gasteiger partial charge on any atom is -0.478 e. The van der Waals surface area contributed by atoms with Gasteiger partial charge in [0.25, 0.3) is 0 Å². The predicted molar refractivity (Wildman–Crippen MR) is 69.3 cm³/mol. The van der Waals surface area contributed by atoms with E-state index >= 15 is 0 Å². The third-order valence-corrected chi connectivity index (χ3v) is 3.73. The molecular weight excluding hydrogens is 275 g/mol. The number of anilines is 1. The highest BCUT2D eigenvalue weighted by atomic mass is 32.2. The third kappa shape index (κ3) is 4.84. The molecule has 0 heterocycles. The lowest BCUT2D eigenvalue weighted by Gasteiger charge is -2.10. The van der Waals surface area contributed by atoms with Gasteiger partial charge in [-0.2, -0.15) is 0 Å². The van der Waals surface area contributed by atoms with Crippen LogP contribution in [0.2, 0.25) is 0 Å². The van der Waals surface area contributed by atoms with Crippen LogP contribution in [0.25, 0.3) is 0 Å². The maximum absolute atomic E-state index is 12.9. The number of sulfonamides is 1. The summed E-state index contributed by atoms with van der Waals surface area (Å²) in [7, 11) is -3.38. The molecule has 1 aromatic rings. The Bertz CT molecular complexity index is 560. The Hall–Kier alpha value is -1.67. The zero-order chi connectivity index (χ0) is 14.5. The lowest BCUT2D eigenvalue weighted by molar-refractivity contribution is 0.0697. The van der Waals surface area contributed by atoms with Gasteiger partial charge in [-0.1, -0.05) is 6.92 Å². The SMILES string of the molecule is CCNS(=O)(=O)CCNc1ccc(F)cc1C(=O)O. The maximum atomic E-state index is 12.9. The lowest BCUT2D eigenvalue weighted by atomic mass is 10.1. The predicted octanol–water partition coefficient (Wildman–Crippen LogP) is 0.875. The topological polar surface area (TPSA) is 95.5 Å². The number of nitrogens with one attached hydrogen (secondary N) is 2. The van der Waals surface area contributed by atoms with Gasteiger partial charge in [-0.25, -0.2) is 22.3 Å². The van der Waals surface area contributed by atoms with Crippen LogP contribution in [-0.2, 0) is 10.0 Å². The highest BCUT2D eigenvalue weighted by molar-refractivity contribution is 7.89. The van der Waals surface area contributed by atoms with Crippen LogP contribution in [0.1, 0.15) is 17.3 Å². The van der Waals surface area contributed by atoms with E-state index in [2.05, 4.69) is 10.0 Å². The molecule has 1 rings (SSSR count). The molecule has 0 aromatic heterocycles. The smallest absolute Gasteiger partial charge is 0.337 e. The van der Waals surface area contributed by atoms with Crippen LogP contribution in [0.4, 0.5) is 10.1 Å². The molecule has 0 aliphatic rings. The molecule has 6 nitrogen and oxygen atoms in total. The minimum absolute atomic E-state index is 0.0290. The van der Waals surface area contributed by atoms with Gasteiger partial charge in [0.15, 0.2) is 0 Å². The standard InChI is InChI=1S/C11H15FN2O4S/c1-2-14-19(17,18)6-5-13-10-4-3-8(12)7-9(10)11(15)16/h3-4,7,13-14H,2,5-6H2,1H3,(H,15,16). The van der Waals surface area contributed by atoms with Gasteiger partial charge in [0.1, 0.15) is 5.82 Å². The molecule has 0 aliphatic carbocycles. The first-order valence-electron chi connectivity index (χ1n) is 5.60. The molecule has 0 unspecified atom stereocenters. The molecule has 0 bridgehead atoms. The second kappa shape index (κ2) is 6.48. The molecule has 8 heteroatoms. The van der Waals surface area contributed by atoms with Crippen molar-refractivity contribution in [2.75, 3.05) is 24.2 Å². The molecule has 19 heavy (non-hydrogen) atoms. The zero-order valence-corrected chi connectivity index (χ0v) is 11.1. The van der Waals surface area contributed by atoms with Crippen molar-refractivity contribution in [2.45, 2.75) is 6.92 Å². The van der Waals surface area contributed by atoms with Crippen molar-refractivity contribution >= 4 is 21.7 Å². The normalized spacial score (nSPS) is 11.3. The quantitative estimate of drug-likeness (QED) is 0.692. The summed E-state index contributed by atoms with van der Waals surface area (Å²) >= 11 is 0. The first-order valence-corrected chi connectivity index (χ1v) is 7.25. The van der Waals surface area contributed by atoms with Crippen molar-refractivity contribution in [3.63, 3.8) is 0 Å². The number of carbonyl (C=O) groups is 1. The fourth-order valence-electron chi connectivity index (χ4n) is 1.46. The average molecular weight is 290 g/mol. The van der Waals surface area contributed by atoms with E-state index in [4.69, 9.17) is 5.11 Å². The van der Waals surface area contributed by atoms with Crippen LogP contribution >= 0.6 is 0 Å². The zero-order valence-electron chi connectivity index (χ0n) is 10.3. The summed E-state index contributed by atoms with van der Waals surface area (Å²) in [5, 5.41) is 11.6. The summed E-state index contributed by atoms with van der Waals surface area (Å²) in [6.07, 6.45) is 0. The molecule has 0 fully saturated rings. The van der Waals surface area contributed by atoms with Crippen LogP contribution in [0, 0.1) is 5.82 Å². The van der Waals surface area contributed by atoms with Crippen LogP contribution < -0.4 is 10.0 Å². The Labute approximate surface area is 110 Å². The van der Waals surface area contributed by atoms with Crippen LogP contribution in [0.3, 0.4) is 0 Å². The van der Waals surface area contributed by atoms with Gasteiger partial charge in [0.05, 0.1) is 11.3 Å². The maximum Gasteiger partial charge on any atom is 0.337 e. The number of benzene rings is 1. The van der Waals surface area contributed by atoms with Gasteiger partial charge in [-0.3, -0.25) is 0 Å². The van der Waals surface area contributed by atoms with Gasteiger partial charge in [-0.05, 0) is 18.2 Å². The van der Waals surface area contributed by atoms with Crippen LogP contribution in [0.15, 0.2) is 18.2 Å². The van der Waals surface area contributed by atoms with E-state index in [1.54, 1.807) is 6.92 Å². The van der Waals surface area contributed by atoms with Crippen molar-refractivity contribution in [1.29, 1.82) is 0 Å². The Balaban J connectivity index is 2.71. The molecule has 106 valence electrons. The van der Waals surface area contributed by atoms with E-state index < -0.39 is 21.8 Å².